The summed E-state index contributed by atoms with van der Waals surface area (Å²) in [5.74, 6) is -0.289. The molecule has 0 aromatic heterocycles. The van der Waals surface area contributed by atoms with E-state index in [9.17, 15) is 4.79 Å². The van der Waals surface area contributed by atoms with Crippen LogP contribution in [0.3, 0.4) is 0 Å². The van der Waals surface area contributed by atoms with E-state index in [-0.39, 0.29) is 19.1 Å². The van der Waals surface area contributed by atoms with Crippen LogP contribution in [0.2, 0.25) is 0 Å². The van der Waals surface area contributed by atoms with Gasteiger partial charge in [-0.2, -0.15) is 0 Å². The molecule has 0 amide bonds. The Morgan fingerprint density at radius 3 is 2.54 bits per heavy atom. The molecule has 0 radical (unpaired) electrons. The number of aliphatic hydroxyl groups excluding tert-OH is 1. The highest BCUT2D eigenvalue weighted by Crippen LogP contribution is 2.21. The standard InChI is InChI=1S/C9H19NO3/c1-4-9(2,3)8(12)13-6-7(11)5-10/h7,11H,4-6,10H2,1-3H3. The second-order valence-corrected chi connectivity index (χ2v) is 3.73. The third kappa shape index (κ3) is 4.24. The minimum atomic E-state index is -0.753. The van der Waals surface area contributed by atoms with Gasteiger partial charge in [0, 0.05) is 6.54 Å². The summed E-state index contributed by atoms with van der Waals surface area (Å²) < 4.78 is 4.88. The van der Waals surface area contributed by atoms with Crippen molar-refractivity contribution in [2.45, 2.75) is 33.3 Å². The van der Waals surface area contributed by atoms with Crippen molar-refractivity contribution in [3.05, 3.63) is 0 Å². The molecular weight excluding hydrogens is 170 g/mol. The van der Waals surface area contributed by atoms with Gasteiger partial charge in [-0.15, -0.1) is 0 Å². The maximum absolute atomic E-state index is 11.3. The van der Waals surface area contributed by atoms with Crippen molar-refractivity contribution in [2.24, 2.45) is 11.1 Å². The van der Waals surface area contributed by atoms with Gasteiger partial charge in [0.2, 0.25) is 0 Å². The number of aliphatic hydroxyl groups is 1. The Hall–Kier alpha value is -0.610. The fourth-order valence-corrected chi connectivity index (χ4v) is 0.580. The fraction of sp³-hybridized carbons (Fsp3) is 0.889. The Kier molecular flexibility index (Phi) is 4.95. The number of hydrogen-bond donors (Lipinski definition) is 2. The monoisotopic (exact) mass is 189 g/mol. The molecule has 4 nitrogen and oxygen atoms in total. The number of hydrogen-bond acceptors (Lipinski definition) is 4. The first-order valence-electron chi connectivity index (χ1n) is 4.49. The predicted octanol–water partition coefficient (Wildman–Crippen LogP) is 0.285. The van der Waals surface area contributed by atoms with E-state index in [0.29, 0.717) is 6.42 Å². The van der Waals surface area contributed by atoms with Crippen molar-refractivity contribution in [1.29, 1.82) is 0 Å². The van der Waals surface area contributed by atoms with E-state index >= 15 is 0 Å². The predicted molar refractivity (Wildman–Crippen MR) is 50.1 cm³/mol. The van der Waals surface area contributed by atoms with E-state index < -0.39 is 11.5 Å². The molecule has 78 valence electrons. The number of rotatable bonds is 5. The van der Waals surface area contributed by atoms with E-state index in [1.165, 1.54) is 0 Å². The van der Waals surface area contributed by atoms with E-state index in [4.69, 9.17) is 15.6 Å². The second kappa shape index (κ2) is 5.19. The van der Waals surface area contributed by atoms with Crippen LogP contribution >= 0.6 is 0 Å². The maximum Gasteiger partial charge on any atom is 0.311 e. The van der Waals surface area contributed by atoms with Crippen LogP contribution in [-0.2, 0) is 9.53 Å². The van der Waals surface area contributed by atoms with Crippen LogP contribution in [0.15, 0.2) is 0 Å². The molecule has 0 fully saturated rings. The van der Waals surface area contributed by atoms with Crippen molar-refractivity contribution < 1.29 is 14.6 Å². The Morgan fingerprint density at radius 1 is 1.62 bits per heavy atom. The van der Waals surface area contributed by atoms with Crippen molar-refractivity contribution >= 4 is 5.97 Å². The number of esters is 1. The van der Waals surface area contributed by atoms with Crippen molar-refractivity contribution in [3.63, 3.8) is 0 Å². The summed E-state index contributed by atoms with van der Waals surface area (Å²) in [5.41, 5.74) is 4.68. The first-order valence-corrected chi connectivity index (χ1v) is 4.49. The van der Waals surface area contributed by atoms with Gasteiger partial charge in [0.05, 0.1) is 5.41 Å². The third-order valence-electron chi connectivity index (χ3n) is 2.12. The summed E-state index contributed by atoms with van der Waals surface area (Å²) in [6, 6.07) is 0. The molecule has 3 N–H and O–H groups in total. The molecule has 0 saturated heterocycles. The van der Waals surface area contributed by atoms with Gasteiger partial charge in [-0.3, -0.25) is 4.79 Å². The minimum Gasteiger partial charge on any atom is -0.462 e. The summed E-state index contributed by atoms with van der Waals surface area (Å²) in [5, 5.41) is 9.04. The molecule has 0 aromatic carbocycles. The van der Waals surface area contributed by atoms with Gasteiger partial charge in [0.15, 0.2) is 0 Å². The molecule has 1 unspecified atom stereocenters. The van der Waals surface area contributed by atoms with Gasteiger partial charge in [-0.25, -0.2) is 0 Å². The lowest BCUT2D eigenvalue weighted by molar-refractivity contribution is -0.156. The molecule has 0 spiro atoms. The molecule has 13 heavy (non-hydrogen) atoms. The fourth-order valence-electron chi connectivity index (χ4n) is 0.580. The van der Waals surface area contributed by atoms with E-state index in [0.717, 1.165) is 0 Å². The molecule has 0 saturated carbocycles. The van der Waals surface area contributed by atoms with Crippen LogP contribution in [0.1, 0.15) is 27.2 Å². The third-order valence-corrected chi connectivity index (χ3v) is 2.12. The Morgan fingerprint density at radius 2 is 2.15 bits per heavy atom. The van der Waals surface area contributed by atoms with E-state index in [2.05, 4.69) is 0 Å². The highest BCUT2D eigenvalue weighted by molar-refractivity contribution is 5.75. The number of carbonyl (C=O) groups is 1. The Labute approximate surface area is 79.1 Å². The van der Waals surface area contributed by atoms with Crippen LogP contribution in [0.5, 0.6) is 0 Å². The zero-order valence-electron chi connectivity index (χ0n) is 8.54. The zero-order valence-corrected chi connectivity index (χ0v) is 8.54. The van der Waals surface area contributed by atoms with Gasteiger partial charge < -0.3 is 15.6 Å². The molecule has 4 heteroatoms. The number of nitrogens with two attached hydrogens (primary N) is 1. The van der Waals surface area contributed by atoms with Crippen molar-refractivity contribution in [2.75, 3.05) is 13.2 Å². The van der Waals surface area contributed by atoms with Crippen LogP contribution < -0.4 is 5.73 Å². The molecule has 0 aliphatic carbocycles. The molecule has 0 aromatic rings. The topological polar surface area (TPSA) is 72.5 Å². The quantitative estimate of drug-likeness (QED) is 0.609. The second-order valence-electron chi connectivity index (χ2n) is 3.73. The molecule has 0 bridgehead atoms. The van der Waals surface area contributed by atoms with Crippen LogP contribution in [0, 0.1) is 5.41 Å². The average Bonchev–Trinajstić information content (AvgIpc) is 2.13. The van der Waals surface area contributed by atoms with Gasteiger partial charge in [-0.05, 0) is 20.3 Å². The summed E-state index contributed by atoms with van der Waals surface area (Å²) in [7, 11) is 0. The van der Waals surface area contributed by atoms with Crippen LogP contribution in [-0.4, -0.2) is 30.3 Å². The lowest BCUT2D eigenvalue weighted by Crippen LogP contribution is -2.32. The maximum atomic E-state index is 11.3. The lowest BCUT2D eigenvalue weighted by Gasteiger charge is -2.21. The number of ether oxygens (including phenoxy) is 1. The van der Waals surface area contributed by atoms with Crippen molar-refractivity contribution in [1.82, 2.24) is 0 Å². The molecule has 0 aliphatic heterocycles. The lowest BCUT2D eigenvalue weighted by atomic mass is 9.91. The first-order chi connectivity index (χ1) is 5.94. The Bertz CT molecular complexity index is 168. The molecule has 1 atom stereocenters. The SMILES string of the molecule is CCC(C)(C)C(=O)OCC(O)CN. The normalized spacial score (nSPS) is 13.9. The summed E-state index contributed by atoms with van der Waals surface area (Å²) >= 11 is 0. The average molecular weight is 189 g/mol. The van der Waals surface area contributed by atoms with Crippen molar-refractivity contribution in [3.8, 4) is 0 Å². The largest absolute Gasteiger partial charge is 0.462 e. The molecule has 0 heterocycles. The highest BCUT2D eigenvalue weighted by atomic mass is 16.5. The van der Waals surface area contributed by atoms with E-state index in [1.54, 1.807) is 0 Å². The van der Waals surface area contributed by atoms with E-state index in [1.807, 2.05) is 20.8 Å². The first kappa shape index (κ1) is 12.4. The van der Waals surface area contributed by atoms with Gasteiger partial charge >= 0.3 is 5.97 Å². The summed E-state index contributed by atoms with van der Waals surface area (Å²) in [6.45, 7) is 5.63. The van der Waals surface area contributed by atoms with Gasteiger partial charge in [0.1, 0.15) is 12.7 Å². The summed E-state index contributed by atoms with van der Waals surface area (Å²) in [6.07, 6.45) is -0.0403. The minimum absolute atomic E-state index is 0.0151. The van der Waals surface area contributed by atoms with Crippen LogP contribution in [0.25, 0.3) is 0 Å². The molecular formula is C9H19NO3. The molecule has 0 rings (SSSR count). The highest BCUT2D eigenvalue weighted by Gasteiger charge is 2.27. The summed E-state index contributed by atoms with van der Waals surface area (Å²) in [4.78, 5) is 11.3. The smallest absolute Gasteiger partial charge is 0.311 e. The molecule has 0 aliphatic rings. The van der Waals surface area contributed by atoms with Gasteiger partial charge in [-0.1, -0.05) is 6.92 Å². The zero-order chi connectivity index (χ0) is 10.5. The Balaban J connectivity index is 3.88. The van der Waals surface area contributed by atoms with Gasteiger partial charge in [0.25, 0.3) is 0 Å². The van der Waals surface area contributed by atoms with Crippen LogP contribution in [0.4, 0.5) is 0 Å². The number of carbonyl (C=O) groups excluding carboxylic acids is 1.